The number of hydrogen-bond acceptors (Lipinski definition) is 5. The van der Waals surface area contributed by atoms with E-state index in [9.17, 15) is 14.4 Å². The molecule has 3 aromatic carbocycles. The summed E-state index contributed by atoms with van der Waals surface area (Å²) < 4.78 is 1.25. The Morgan fingerprint density at radius 3 is 2.42 bits per heavy atom. The van der Waals surface area contributed by atoms with Gasteiger partial charge in [0.15, 0.2) is 5.69 Å². The van der Waals surface area contributed by atoms with Crippen LogP contribution in [0.1, 0.15) is 21.6 Å². The van der Waals surface area contributed by atoms with Crippen molar-refractivity contribution in [3.05, 3.63) is 124 Å². The third-order valence-electron chi connectivity index (χ3n) is 5.64. The van der Waals surface area contributed by atoms with Gasteiger partial charge >= 0.3 is 0 Å². The third-order valence-corrected chi connectivity index (χ3v) is 5.64. The Bertz CT molecular complexity index is 1670. The average molecular weight is 476 g/mol. The lowest BCUT2D eigenvalue weighted by molar-refractivity contribution is -0.117. The number of aromatic nitrogens is 3. The van der Waals surface area contributed by atoms with Crippen molar-refractivity contribution >= 4 is 39.6 Å². The van der Waals surface area contributed by atoms with Crippen LogP contribution in [0.15, 0.2) is 102 Å². The predicted molar refractivity (Wildman–Crippen MR) is 138 cm³/mol. The molecule has 0 aliphatic heterocycles. The van der Waals surface area contributed by atoms with E-state index in [0.29, 0.717) is 10.8 Å². The number of fused-ring (bicyclic) bond motifs is 2. The Morgan fingerprint density at radius 1 is 0.833 bits per heavy atom. The Kier molecular flexibility index (Phi) is 6.31. The Labute approximate surface area is 205 Å². The number of hydrogen-bond donors (Lipinski definition) is 2. The molecule has 0 aliphatic carbocycles. The van der Waals surface area contributed by atoms with Gasteiger partial charge in [-0.1, -0.05) is 72.8 Å². The first-order valence-corrected chi connectivity index (χ1v) is 11.3. The molecule has 0 atom stereocenters. The number of amides is 2. The summed E-state index contributed by atoms with van der Waals surface area (Å²) in [5.41, 5.74) is 6.91. The SMILES string of the molecule is O=C(/C=C/c1cccc2cccnc12)NNC(=O)c1nn(Cc2ccccc2)c(=O)c2ccccc12. The molecule has 2 amide bonds. The van der Waals surface area contributed by atoms with Gasteiger partial charge in [0, 0.05) is 28.6 Å². The van der Waals surface area contributed by atoms with Crippen molar-refractivity contribution in [1.82, 2.24) is 25.6 Å². The fraction of sp³-hybridized carbons (Fsp3) is 0.0357. The minimum atomic E-state index is -0.637. The van der Waals surface area contributed by atoms with Gasteiger partial charge in [-0.05, 0) is 23.8 Å². The second-order valence-corrected chi connectivity index (χ2v) is 8.04. The topological polar surface area (TPSA) is 106 Å². The van der Waals surface area contributed by atoms with Crippen LogP contribution in [0, 0.1) is 0 Å². The van der Waals surface area contributed by atoms with Crippen molar-refractivity contribution in [2.45, 2.75) is 6.54 Å². The number of para-hydroxylation sites is 1. The lowest BCUT2D eigenvalue weighted by Gasteiger charge is -2.11. The minimum Gasteiger partial charge on any atom is -0.268 e. The standard InChI is InChI=1S/C28H21N5O3/c34-24(16-15-21-11-6-10-20-12-7-17-29-25(20)21)30-31-27(35)26-22-13-4-5-14-23(22)28(36)33(32-26)18-19-8-2-1-3-9-19/h1-17H,18H2,(H,30,34)(H,31,35)/b16-15+. The summed E-state index contributed by atoms with van der Waals surface area (Å²) in [7, 11) is 0. The summed E-state index contributed by atoms with van der Waals surface area (Å²) in [6.07, 6.45) is 4.63. The van der Waals surface area contributed by atoms with E-state index < -0.39 is 11.8 Å². The van der Waals surface area contributed by atoms with Gasteiger partial charge in [0.05, 0.1) is 17.4 Å². The minimum absolute atomic E-state index is 0.0312. The van der Waals surface area contributed by atoms with Gasteiger partial charge < -0.3 is 0 Å². The highest BCUT2D eigenvalue weighted by Crippen LogP contribution is 2.17. The van der Waals surface area contributed by atoms with Gasteiger partial charge in [0.25, 0.3) is 17.4 Å². The zero-order chi connectivity index (χ0) is 24.9. The van der Waals surface area contributed by atoms with Crippen LogP contribution in [-0.4, -0.2) is 26.6 Å². The fourth-order valence-corrected chi connectivity index (χ4v) is 3.91. The van der Waals surface area contributed by atoms with Gasteiger partial charge in [-0.15, -0.1) is 0 Å². The number of nitrogens with zero attached hydrogens (tertiary/aromatic N) is 3. The van der Waals surface area contributed by atoms with Gasteiger partial charge in [-0.3, -0.25) is 30.2 Å². The van der Waals surface area contributed by atoms with Crippen LogP contribution < -0.4 is 16.4 Å². The quantitative estimate of drug-likeness (QED) is 0.299. The zero-order valence-electron chi connectivity index (χ0n) is 19.1. The van der Waals surface area contributed by atoms with Crippen molar-refractivity contribution in [2.75, 3.05) is 0 Å². The molecule has 0 radical (unpaired) electrons. The molecule has 5 rings (SSSR count). The third kappa shape index (κ3) is 4.74. The van der Waals surface area contributed by atoms with Crippen LogP contribution in [0.25, 0.3) is 27.8 Å². The molecular weight excluding hydrogens is 454 g/mol. The number of rotatable bonds is 5. The van der Waals surface area contributed by atoms with Crippen molar-refractivity contribution in [3.8, 4) is 0 Å². The highest BCUT2D eigenvalue weighted by molar-refractivity contribution is 6.05. The molecule has 8 nitrogen and oxygen atoms in total. The largest absolute Gasteiger partial charge is 0.290 e. The number of carbonyl (C=O) groups is 2. The number of hydrazine groups is 1. The highest BCUT2D eigenvalue weighted by atomic mass is 16.2. The van der Waals surface area contributed by atoms with Crippen LogP contribution in [0.3, 0.4) is 0 Å². The molecule has 2 heterocycles. The molecule has 5 aromatic rings. The van der Waals surface area contributed by atoms with Gasteiger partial charge in [0.1, 0.15) is 0 Å². The molecule has 0 bridgehead atoms. The van der Waals surface area contributed by atoms with E-state index in [2.05, 4.69) is 20.9 Å². The lowest BCUT2D eigenvalue weighted by Crippen LogP contribution is -2.42. The maximum atomic E-state index is 13.0. The number of benzene rings is 3. The fourth-order valence-electron chi connectivity index (χ4n) is 3.91. The smallest absolute Gasteiger partial charge is 0.268 e. The normalized spacial score (nSPS) is 11.1. The van der Waals surface area contributed by atoms with Crippen LogP contribution in [0.5, 0.6) is 0 Å². The molecule has 2 N–H and O–H groups in total. The first-order chi connectivity index (χ1) is 17.6. The summed E-state index contributed by atoms with van der Waals surface area (Å²) >= 11 is 0. The summed E-state index contributed by atoms with van der Waals surface area (Å²) in [6, 6.07) is 25.6. The maximum absolute atomic E-state index is 13.0. The molecule has 0 spiro atoms. The molecule has 36 heavy (non-hydrogen) atoms. The molecule has 2 aromatic heterocycles. The van der Waals surface area contributed by atoms with Crippen LogP contribution in [0.2, 0.25) is 0 Å². The van der Waals surface area contributed by atoms with Crippen molar-refractivity contribution in [2.24, 2.45) is 0 Å². The number of carbonyl (C=O) groups excluding carboxylic acids is 2. The Morgan fingerprint density at radius 2 is 1.58 bits per heavy atom. The second-order valence-electron chi connectivity index (χ2n) is 8.04. The van der Waals surface area contributed by atoms with E-state index in [-0.39, 0.29) is 17.8 Å². The van der Waals surface area contributed by atoms with Crippen molar-refractivity contribution in [1.29, 1.82) is 0 Å². The van der Waals surface area contributed by atoms with Crippen molar-refractivity contribution in [3.63, 3.8) is 0 Å². The second kappa shape index (κ2) is 10.0. The number of nitrogens with one attached hydrogen (secondary N) is 2. The Balaban J connectivity index is 1.36. The summed E-state index contributed by atoms with van der Waals surface area (Å²) in [6.45, 7) is 0.207. The maximum Gasteiger partial charge on any atom is 0.290 e. The molecule has 0 saturated carbocycles. The van der Waals surface area contributed by atoms with E-state index in [1.807, 2.05) is 60.7 Å². The van der Waals surface area contributed by atoms with Crippen LogP contribution >= 0.6 is 0 Å². The lowest BCUT2D eigenvalue weighted by atomic mass is 10.1. The molecule has 0 fully saturated rings. The molecule has 176 valence electrons. The highest BCUT2D eigenvalue weighted by Gasteiger charge is 2.17. The van der Waals surface area contributed by atoms with E-state index >= 15 is 0 Å². The average Bonchev–Trinajstić information content (AvgIpc) is 2.92. The Hall–Kier alpha value is -5.11. The first-order valence-electron chi connectivity index (χ1n) is 11.3. The molecular formula is C28H21N5O3. The van der Waals surface area contributed by atoms with Crippen molar-refractivity contribution < 1.29 is 9.59 Å². The van der Waals surface area contributed by atoms with Crippen LogP contribution in [-0.2, 0) is 11.3 Å². The predicted octanol–water partition coefficient (Wildman–Crippen LogP) is 3.47. The van der Waals surface area contributed by atoms with E-state index in [4.69, 9.17) is 0 Å². The van der Waals surface area contributed by atoms with Crippen LogP contribution in [0.4, 0.5) is 0 Å². The molecule has 8 heteroatoms. The molecule has 0 aliphatic rings. The van der Waals surface area contributed by atoms with E-state index in [1.165, 1.54) is 10.8 Å². The number of pyridine rings is 1. The van der Waals surface area contributed by atoms with E-state index in [0.717, 1.165) is 22.0 Å². The molecule has 0 unspecified atom stereocenters. The van der Waals surface area contributed by atoms with Gasteiger partial charge in [0.2, 0.25) is 0 Å². The first kappa shape index (κ1) is 22.7. The van der Waals surface area contributed by atoms with E-state index in [1.54, 1.807) is 36.5 Å². The zero-order valence-corrected chi connectivity index (χ0v) is 19.1. The monoisotopic (exact) mass is 475 g/mol. The summed E-state index contributed by atoms with van der Waals surface area (Å²) in [4.78, 5) is 42.7. The summed E-state index contributed by atoms with van der Waals surface area (Å²) in [5, 5.41) is 6.03. The van der Waals surface area contributed by atoms with Gasteiger partial charge in [-0.2, -0.15) is 5.10 Å². The molecule has 0 saturated heterocycles. The summed E-state index contributed by atoms with van der Waals surface area (Å²) in [5.74, 6) is -1.17. The van der Waals surface area contributed by atoms with Gasteiger partial charge in [-0.25, -0.2) is 4.68 Å².